The molecule has 0 saturated heterocycles. The highest BCUT2D eigenvalue weighted by molar-refractivity contribution is 5.41. The fraction of sp³-hybridized carbons (Fsp3) is 0.571. The molecule has 1 aliphatic rings. The molecule has 1 aromatic carbocycles. The first-order valence-corrected chi connectivity index (χ1v) is 6.00. The van der Waals surface area contributed by atoms with Gasteiger partial charge < -0.3 is 10.1 Å². The Morgan fingerprint density at radius 1 is 1.31 bits per heavy atom. The van der Waals surface area contributed by atoms with Crippen molar-refractivity contribution in [2.75, 3.05) is 13.2 Å². The van der Waals surface area contributed by atoms with E-state index in [-0.39, 0.29) is 5.41 Å². The first-order valence-electron chi connectivity index (χ1n) is 6.00. The maximum Gasteiger partial charge on any atom is 0.122 e. The predicted molar refractivity (Wildman–Crippen MR) is 66.8 cm³/mol. The number of hydrogen-bond acceptors (Lipinski definition) is 2. The Kier molecular flexibility index (Phi) is 3.20. The Morgan fingerprint density at radius 2 is 2.12 bits per heavy atom. The molecular weight excluding hydrogens is 198 g/mol. The second-order valence-corrected chi connectivity index (χ2v) is 5.67. The minimum atomic E-state index is 0.218. The Morgan fingerprint density at radius 3 is 2.88 bits per heavy atom. The van der Waals surface area contributed by atoms with E-state index in [1.54, 1.807) is 0 Å². The summed E-state index contributed by atoms with van der Waals surface area (Å²) in [5, 5.41) is 3.38. The molecule has 1 aromatic rings. The van der Waals surface area contributed by atoms with Crippen molar-refractivity contribution in [1.82, 2.24) is 5.32 Å². The zero-order chi connectivity index (χ0) is 11.6. The van der Waals surface area contributed by atoms with Crippen LogP contribution in [0.15, 0.2) is 18.2 Å². The van der Waals surface area contributed by atoms with Crippen molar-refractivity contribution in [3.63, 3.8) is 0 Å². The molecule has 2 heteroatoms. The lowest BCUT2D eigenvalue weighted by Gasteiger charge is -2.23. The van der Waals surface area contributed by atoms with Gasteiger partial charge in [0.2, 0.25) is 0 Å². The Hall–Kier alpha value is -1.02. The SMILES string of the molecule is CC(C)(C)COc1cccc2c1CCNC2. The molecule has 0 saturated carbocycles. The van der Waals surface area contributed by atoms with Gasteiger partial charge in [-0.2, -0.15) is 0 Å². The second-order valence-electron chi connectivity index (χ2n) is 5.67. The Bertz CT molecular complexity index is 365. The van der Waals surface area contributed by atoms with Gasteiger partial charge in [0, 0.05) is 6.54 Å². The van der Waals surface area contributed by atoms with Crippen molar-refractivity contribution in [3.8, 4) is 5.75 Å². The lowest BCUT2D eigenvalue weighted by molar-refractivity contribution is 0.196. The minimum Gasteiger partial charge on any atom is -0.493 e. The van der Waals surface area contributed by atoms with E-state index in [0.717, 1.165) is 31.9 Å². The molecule has 16 heavy (non-hydrogen) atoms. The van der Waals surface area contributed by atoms with Crippen LogP contribution in [0.5, 0.6) is 5.75 Å². The summed E-state index contributed by atoms with van der Waals surface area (Å²) >= 11 is 0. The lowest BCUT2D eigenvalue weighted by atomic mass is 9.97. The fourth-order valence-corrected chi connectivity index (χ4v) is 1.93. The van der Waals surface area contributed by atoms with Crippen LogP contribution in [0.25, 0.3) is 0 Å². The summed E-state index contributed by atoms with van der Waals surface area (Å²) in [7, 11) is 0. The van der Waals surface area contributed by atoms with Gasteiger partial charge >= 0.3 is 0 Å². The van der Waals surface area contributed by atoms with Crippen LogP contribution in [-0.4, -0.2) is 13.2 Å². The van der Waals surface area contributed by atoms with E-state index in [1.807, 2.05) is 0 Å². The average molecular weight is 219 g/mol. The van der Waals surface area contributed by atoms with Crippen LogP contribution in [0.2, 0.25) is 0 Å². The molecule has 1 heterocycles. The van der Waals surface area contributed by atoms with E-state index >= 15 is 0 Å². The smallest absolute Gasteiger partial charge is 0.122 e. The molecule has 88 valence electrons. The number of benzene rings is 1. The van der Waals surface area contributed by atoms with Gasteiger partial charge in [0.05, 0.1) is 6.61 Å². The van der Waals surface area contributed by atoms with Gasteiger partial charge in [-0.15, -0.1) is 0 Å². The Balaban J connectivity index is 2.15. The largest absolute Gasteiger partial charge is 0.493 e. The molecule has 0 spiro atoms. The molecule has 2 rings (SSSR count). The molecule has 2 nitrogen and oxygen atoms in total. The van der Waals surface area contributed by atoms with Gasteiger partial charge in [-0.1, -0.05) is 32.9 Å². The second kappa shape index (κ2) is 4.46. The molecule has 0 unspecified atom stereocenters. The summed E-state index contributed by atoms with van der Waals surface area (Å²) < 4.78 is 5.94. The quantitative estimate of drug-likeness (QED) is 0.826. The molecule has 0 fully saturated rings. The van der Waals surface area contributed by atoms with Crippen molar-refractivity contribution >= 4 is 0 Å². The standard InChI is InChI=1S/C14H21NO/c1-14(2,3)10-16-13-6-4-5-11-9-15-8-7-12(11)13/h4-6,15H,7-10H2,1-3H3. The van der Waals surface area contributed by atoms with E-state index in [1.165, 1.54) is 11.1 Å². The number of fused-ring (bicyclic) bond motifs is 1. The third-order valence-corrected chi connectivity index (χ3v) is 2.76. The number of rotatable bonds is 2. The van der Waals surface area contributed by atoms with Crippen LogP contribution in [0.3, 0.4) is 0 Å². The minimum absolute atomic E-state index is 0.218. The van der Waals surface area contributed by atoms with Gasteiger partial charge in [0.15, 0.2) is 0 Å². The maximum atomic E-state index is 5.94. The summed E-state index contributed by atoms with van der Waals surface area (Å²) in [6.45, 7) is 9.40. The lowest BCUT2D eigenvalue weighted by Crippen LogP contribution is -2.25. The van der Waals surface area contributed by atoms with Crippen LogP contribution in [-0.2, 0) is 13.0 Å². The molecule has 0 radical (unpaired) electrons. The van der Waals surface area contributed by atoms with Gasteiger partial charge in [-0.25, -0.2) is 0 Å². The molecule has 1 N–H and O–H groups in total. The third-order valence-electron chi connectivity index (χ3n) is 2.76. The maximum absolute atomic E-state index is 5.94. The van der Waals surface area contributed by atoms with Crippen molar-refractivity contribution in [2.24, 2.45) is 5.41 Å². The third kappa shape index (κ3) is 2.76. The molecule has 0 amide bonds. The normalized spacial score (nSPS) is 15.7. The van der Waals surface area contributed by atoms with Gasteiger partial charge in [-0.3, -0.25) is 0 Å². The summed E-state index contributed by atoms with van der Waals surface area (Å²) in [6, 6.07) is 6.37. The van der Waals surface area contributed by atoms with Crippen LogP contribution < -0.4 is 10.1 Å². The zero-order valence-corrected chi connectivity index (χ0v) is 10.5. The van der Waals surface area contributed by atoms with Crippen molar-refractivity contribution in [2.45, 2.75) is 33.7 Å². The van der Waals surface area contributed by atoms with Crippen LogP contribution in [0, 0.1) is 5.41 Å². The van der Waals surface area contributed by atoms with Crippen molar-refractivity contribution in [3.05, 3.63) is 29.3 Å². The van der Waals surface area contributed by atoms with Crippen molar-refractivity contribution < 1.29 is 4.74 Å². The number of nitrogens with one attached hydrogen (secondary N) is 1. The molecule has 0 aliphatic carbocycles. The molecule has 0 atom stereocenters. The molecular formula is C14H21NO. The molecule has 0 aromatic heterocycles. The number of ether oxygens (including phenoxy) is 1. The van der Waals surface area contributed by atoms with Crippen LogP contribution >= 0.6 is 0 Å². The predicted octanol–water partition coefficient (Wildman–Crippen LogP) is 2.76. The molecule has 1 aliphatic heterocycles. The van der Waals surface area contributed by atoms with E-state index in [2.05, 4.69) is 44.3 Å². The average Bonchev–Trinajstić information content (AvgIpc) is 2.25. The summed E-state index contributed by atoms with van der Waals surface area (Å²) in [5.74, 6) is 1.08. The zero-order valence-electron chi connectivity index (χ0n) is 10.5. The highest BCUT2D eigenvalue weighted by Gasteiger charge is 2.16. The topological polar surface area (TPSA) is 21.3 Å². The van der Waals surface area contributed by atoms with E-state index < -0.39 is 0 Å². The highest BCUT2D eigenvalue weighted by Crippen LogP contribution is 2.26. The molecule has 0 bridgehead atoms. The summed E-state index contributed by atoms with van der Waals surface area (Å²) in [6.07, 6.45) is 1.08. The monoisotopic (exact) mass is 219 g/mol. The van der Waals surface area contributed by atoms with E-state index in [0.29, 0.717) is 0 Å². The summed E-state index contributed by atoms with van der Waals surface area (Å²) in [4.78, 5) is 0. The van der Waals surface area contributed by atoms with Crippen LogP contribution in [0.1, 0.15) is 31.9 Å². The summed E-state index contributed by atoms with van der Waals surface area (Å²) in [5.41, 5.74) is 3.00. The Labute approximate surface area is 98.0 Å². The van der Waals surface area contributed by atoms with E-state index in [4.69, 9.17) is 4.74 Å². The first-order chi connectivity index (χ1) is 7.56. The van der Waals surface area contributed by atoms with Gasteiger partial charge in [0.25, 0.3) is 0 Å². The number of hydrogen-bond donors (Lipinski definition) is 1. The van der Waals surface area contributed by atoms with Crippen LogP contribution in [0.4, 0.5) is 0 Å². The van der Waals surface area contributed by atoms with Crippen molar-refractivity contribution in [1.29, 1.82) is 0 Å². The van der Waals surface area contributed by atoms with E-state index in [9.17, 15) is 0 Å². The first kappa shape index (κ1) is 11.5. The van der Waals surface area contributed by atoms with Gasteiger partial charge in [-0.05, 0) is 35.6 Å². The van der Waals surface area contributed by atoms with Gasteiger partial charge in [0.1, 0.15) is 5.75 Å². The fourth-order valence-electron chi connectivity index (χ4n) is 1.93. The highest BCUT2D eigenvalue weighted by atomic mass is 16.5.